The first-order valence-electron chi connectivity index (χ1n) is 24.7. The second kappa shape index (κ2) is 14.9. The summed E-state index contributed by atoms with van der Waals surface area (Å²) in [5, 5.41) is 10.2. The third-order valence-corrected chi connectivity index (χ3v) is 15.5. The van der Waals surface area contributed by atoms with Crippen LogP contribution in [0.1, 0.15) is 25.0 Å². The molecule has 334 valence electrons. The van der Waals surface area contributed by atoms with E-state index in [1.54, 1.807) is 0 Å². The first kappa shape index (κ1) is 39.8. The number of nitrogens with zero attached hydrogens (tertiary/aromatic N) is 4. The summed E-state index contributed by atoms with van der Waals surface area (Å²) in [6.07, 6.45) is 0. The Morgan fingerprint density at radius 1 is 0.282 bits per heavy atom. The number of benzene rings is 12. The van der Waals surface area contributed by atoms with Crippen LogP contribution in [0.5, 0.6) is 0 Å². The molecule has 12 aromatic carbocycles. The molecular formula is C67H46N4. The summed E-state index contributed by atoms with van der Waals surface area (Å²) < 4.78 is 4.89. The van der Waals surface area contributed by atoms with Crippen molar-refractivity contribution in [3.8, 4) is 22.5 Å². The van der Waals surface area contributed by atoms with Crippen LogP contribution in [-0.2, 0) is 5.41 Å². The van der Waals surface area contributed by atoms with Crippen LogP contribution in [-0.4, -0.2) is 9.13 Å². The predicted octanol–water partition coefficient (Wildman–Crippen LogP) is 18.3. The molecule has 1 aliphatic rings. The SMILES string of the molecule is CC1(C)c2cc(N(c3ccccc3)c3cc4ccc5cccc6c5c4c(c3)n6-c3ccccc3)ccc2-c2ccc(N(c3ccccc3)c3cc4ccc5cccc6c5c4c(c3)n6-c3ccccc3)cc21. The molecule has 0 atom stereocenters. The molecule has 0 N–H and O–H groups in total. The van der Waals surface area contributed by atoms with Crippen molar-refractivity contribution < 1.29 is 0 Å². The van der Waals surface area contributed by atoms with Crippen LogP contribution in [0.3, 0.4) is 0 Å². The fourth-order valence-electron chi connectivity index (χ4n) is 12.4. The van der Waals surface area contributed by atoms with Crippen LogP contribution in [0.15, 0.2) is 243 Å². The number of hydrogen-bond donors (Lipinski definition) is 0. The van der Waals surface area contributed by atoms with Crippen molar-refractivity contribution in [2.45, 2.75) is 19.3 Å². The maximum absolute atomic E-state index is 2.45. The number of fused-ring (bicyclic) bond motifs is 3. The minimum absolute atomic E-state index is 0.301. The summed E-state index contributed by atoms with van der Waals surface area (Å²) in [5.41, 5.74) is 18.8. The summed E-state index contributed by atoms with van der Waals surface area (Å²) in [5.74, 6) is 0. The normalized spacial score (nSPS) is 13.0. The van der Waals surface area contributed by atoms with Gasteiger partial charge in [-0.15, -0.1) is 0 Å². The van der Waals surface area contributed by atoms with Crippen LogP contribution in [0, 0.1) is 0 Å². The molecule has 2 aromatic heterocycles. The minimum atomic E-state index is -0.301. The highest BCUT2D eigenvalue weighted by Crippen LogP contribution is 2.54. The second-order valence-electron chi connectivity index (χ2n) is 19.8. The van der Waals surface area contributed by atoms with E-state index in [4.69, 9.17) is 0 Å². The number of hydrogen-bond acceptors (Lipinski definition) is 2. The Labute approximate surface area is 411 Å². The topological polar surface area (TPSA) is 16.3 Å². The minimum Gasteiger partial charge on any atom is -0.310 e. The molecule has 0 radical (unpaired) electrons. The van der Waals surface area contributed by atoms with Gasteiger partial charge in [0.1, 0.15) is 0 Å². The predicted molar refractivity (Wildman–Crippen MR) is 299 cm³/mol. The van der Waals surface area contributed by atoms with E-state index in [9.17, 15) is 0 Å². The van der Waals surface area contributed by atoms with Crippen molar-refractivity contribution in [2.24, 2.45) is 0 Å². The molecule has 0 saturated heterocycles. The van der Waals surface area contributed by atoms with Gasteiger partial charge in [0.25, 0.3) is 0 Å². The van der Waals surface area contributed by atoms with E-state index in [1.165, 1.54) is 87.4 Å². The Morgan fingerprint density at radius 3 is 1.08 bits per heavy atom. The lowest BCUT2D eigenvalue weighted by molar-refractivity contribution is 0.660. The molecule has 1 aliphatic carbocycles. The Morgan fingerprint density at radius 2 is 0.662 bits per heavy atom. The van der Waals surface area contributed by atoms with Gasteiger partial charge in [-0.3, -0.25) is 0 Å². The van der Waals surface area contributed by atoms with E-state index in [2.05, 4.69) is 275 Å². The van der Waals surface area contributed by atoms with Crippen molar-refractivity contribution in [1.82, 2.24) is 9.13 Å². The molecule has 2 heterocycles. The van der Waals surface area contributed by atoms with Crippen molar-refractivity contribution in [3.05, 3.63) is 254 Å². The molecule has 14 aromatic rings. The zero-order chi connectivity index (χ0) is 47.0. The quantitative estimate of drug-likeness (QED) is 0.141. The highest BCUT2D eigenvalue weighted by molar-refractivity contribution is 6.26. The largest absolute Gasteiger partial charge is 0.310 e. The molecule has 0 amide bonds. The van der Waals surface area contributed by atoms with Crippen LogP contribution in [0.2, 0.25) is 0 Å². The first-order valence-corrected chi connectivity index (χ1v) is 24.7. The summed E-state index contributed by atoms with van der Waals surface area (Å²) >= 11 is 0. The molecule has 0 unspecified atom stereocenters. The smallest absolute Gasteiger partial charge is 0.0568 e. The van der Waals surface area contributed by atoms with E-state index in [-0.39, 0.29) is 5.41 Å². The molecule has 0 fully saturated rings. The highest BCUT2D eigenvalue weighted by Gasteiger charge is 2.37. The van der Waals surface area contributed by atoms with Gasteiger partial charge in [-0.1, -0.05) is 147 Å². The third-order valence-electron chi connectivity index (χ3n) is 15.5. The van der Waals surface area contributed by atoms with E-state index < -0.39 is 0 Å². The van der Waals surface area contributed by atoms with E-state index in [0.29, 0.717) is 0 Å². The third kappa shape index (κ3) is 5.79. The summed E-state index contributed by atoms with van der Waals surface area (Å²) in [6, 6.07) is 89.7. The maximum Gasteiger partial charge on any atom is 0.0568 e. The molecule has 71 heavy (non-hydrogen) atoms. The lowest BCUT2D eigenvalue weighted by Crippen LogP contribution is -2.17. The fourth-order valence-corrected chi connectivity index (χ4v) is 12.4. The Hall–Kier alpha value is -9.12. The van der Waals surface area contributed by atoms with Gasteiger partial charge >= 0.3 is 0 Å². The molecule has 0 saturated carbocycles. The van der Waals surface area contributed by atoms with Crippen molar-refractivity contribution in [2.75, 3.05) is 9.80 Å². The molecule has 0 bridgehead atoms. The average Bonchev–Trinajstić information content (AvgIpc) is 4.03. The number of para-hydroxylation sites is 4. The molecule has 0 aliphatic heterocycles. The lowest BCUT2D eigenvalue weighted by Gasteiger charge is -2.29. The summed E-state index contributed by atoms with van der Waals surface area (Å²) in [7, 11) is 0. The van der Waals surface area contributed by atoms with Gasteiger partial charge in [0.2, 0.25) is 0 Å². The van der Waals surface area contributed by atoms with E-state index >= 15 is 0 Å². The molecule has 4 heteroatoms. The molecule has 0 spiro atoms. The van der Waals surface area contributed by atoms with Gasteiger partial charge in [-0.25, -0.2) is 0 Å². The van der Waals surface area contributed by atoms with Gasteiger partial charge < -0.3 is 18.9 Å². The Balaban J connectivity index is 0.885. The molecule has 15 rings (SSSR count). The zero-order valence-electron chi connectivity index (χ0n) is 39.4. The Kier molecular flexibility index (Phi) is 8.38. The van der Waals surface area contributed by atoms with Gasteiger partial charge in [-0.05, 0) is 153 Å². The van der Waals surface area contributed by atoms with Gasteiger partial charge in [0.05, 0.1) is 22.1 Å². The van der Waals surface area contributed by atoms with Crippen molar-refractivity contribution >= 4 is 99.3 Å². The molecule has 4 nitrogen and oxygen atoms in total. The number of rotatable bonds is 8. The maximum atomic E-state index is 2.45. The van der Waals surface area contributed by atoms with E-state index in [0.717, 1.165) is 45.5 Å². The standard InChI is InChI=1S/C67H46N4/c1-67(2)57-39-51(68(47-19-7-3-8-20-47)53-37-45-31-29-43-17-15-27-59-63(43)65(45)61(41-53)70(59)49-23-11-5-12-24-49)33-35-55(57)56-36-34-52(40-58(56)67)69(48-21-9-4-10-22-48)54-38-46-32-30-44-18-16-28-60-64(44)66(46)62(42-54)71(60)50-25-13-6-14-26-50/h3-42H,1-2H3. The van der Waals surface area contributed by atoms with Crippen LogP contribution in [0.4, 0.5) is 34.1 Å². The fraction of sp³-hybridized carbons (Fsp3) is 0.0448. The zero-order valence-corrected chi connectivity index (χ0v) is 39.4. The molecular weight excluding hydrogens is 861 g/mol. The monoisotopic (exact) mass is 906 g/mol. The first-order chi connectivity index (χ1) is 35.0. The highest BCUT2D eigenvalue weighted by atomic mass is 15.2. The Bertz CT molecular complexity index is 4080. The number of aromatic nitrogens is 2. The van der Waals surface area contributed by atoms with Crippen LogP contribution < -0.4 is 9.80 Å². The average molecular weight is 907 g/mol. The van der Waals surface area contributed by atoms with E-state index in [1.807, 2.05) is 0 Å². The van der Waals surface area contributed by atoms with Crippen LogP contribution in [0.25, 0.3) is 87.7 Å². The van der Waals surface area contributed by atoms with Crippen molar-refractivity contribution in [1.29, 1.82) is 0 Å². The van der Waals surface area contributed by atoms with Crippen molar-refractivity contribution in [3.63, 3.8) is 0 Å². The summed E-state index contributed by atoms with van der Waals surface area (Å²) in [6.45, 7) is 4.80. The van der Waals surface area contributed by atoms with Gasteiger partial charge in [0, 0.05) is 72.5 Å². The van der Waals surface area contributed by atoms with Gasteiger partial charge in [0.15, 0.2) is 0 Å². The summed E-state index contributed by atoms with van der Waals surface area (Å²) in [4.78, 5) is 4.89. The number of anilines is 6. The van der Waals surface area contributed by atoms with Gasteiger partial charge in [-0.2, -0.15) is 0 Å². The second-order valence-corrected chi connectivity index (χ2v) is 19.8. The lowest BCUT2D eigenvalue weighted by atomic mass is 9.82. The van der Waals surface area contributed by atoms with Crippen LogP contribution >= 0.6 is 0 Å².